The van der Waals surface area contributed by atoms with Crippen LogP contribution in [0.15, 0.2) is 18.2 Å². The lowest BCUT2D eigenvalue weighted by Gasteiger charge is -2.42. The number of hydrogen-bond donors (Lipinski definition) is 4. The third-order valence-corrected chi connectivity index (χ3v) is 4.99. The van der Waals surface area contributed by atoms with E-state index >= 15 is 0 Å². The van der Waals surface area contributed by atoms with Crippen LogP contribution >= 0.6 is 23.2 Å². The number of carbonyl (C=O) groups excluding carboxylic acids is 1. The van der Waals surface area contributed by atoms with Crippen molar-refractivity contribution < 1.29 is 24.9 Å². The zero-order valence-corrected chi connectivity index (χ0v) is 16.4. The van der Waals surface area contributed by atoms with Gasteiger partial charge in [0.25, 0.3) is 0 Å². The summed E-state index contributed by atoms with van der Waals surface area (Å²) >= 11 is 12.0. The molecule has 0 aliphatic rings. The lowest BCUT2D eigenvalue weighted by atomic mass is 9.82. The van der Waals surface area contributed by atoms with Gasteiger partial charge in [-0.2, -0.15) is 0 Å². The molecule has 7 nitrogen and oxygen atoms in total. The van der Waals surface area contributed by atoms with E-state index in [0.717, 1.165) is 4.90 Å². The number of carboxylic acid groups (broad SMARTS) is 1. The van der Waals surface area contributed by atoms with Gasteiger partial charge in [0.2, 0.25) is 5.91 Å². The molecule has 9 heteroatoms. The maximum absolute atomic E-state index is 12.1. The summed E-state index contributed by atoms with van der Waals surface area (Å²) in [5.41, 5.74) is -0.916. The number of hydrogen-bond acceptors (Lipinski definition) is 4. The number of aliphatic hydroxyl groups excluding tert-OH is 2. The Labute approximate surface area is 162 Å². The van der Waals surface area contributed by atoms with Crippen molar-refractivity contribution in [2.75, 3.05) is 20.2 Å². The molecule has 0 fully saturated rings. The SMILES string of the molecule is CC(C)C(=O)NCC(CC(O)CO)(c1ccc(Cl)c(Cl)c1)N(C)C(=O)O. The second kappa shape index (κ2) is 9.41. The molecule has 0 aromatic heterocycles. The quantitative estimate of drug-likeness (QED) is 0.529. The predicted octanol–water partition coefficient (Wildman–Crippen LogP) is 2.31. The molecule has 0 radical (unpaired) electrons. The average molecular weight is 407 g/mol. The van der Waals surface area contributed by atoms with Crippen molar-refractivity contribution in [2.24, 2.45) is 5.92 Å². The third kappa shape index (κ3) is 5.23. The van der Waals surface area contributed by atoms with Crippen LogP contribution in [0.25, 0.3) is 0 Å². The molecular formula is C17H24Cl2N2O5. The monoisotopic (exact) mass is 406 g/mol. The molecule has 146 valence electrons. The van der Waals surface area contributed by atoms with Gasteiger partial charge >= 0.3 is 6.09 Å². The number of likely N-dealkylation sites (N-methyl/N-ethyl adjacent to an activating group) is 1. The minimum Gasteiger partial charge on any atom is -0.465 e. The van der Waals surface area contributed by atoms with E-state index in [4.69, 9.17) is 23.2 Å². The van der Waals surface area contributed by atoms with E-state index in [0.29, 0.717) is 5.56 Å². The average Bonchev–Trinajstić information content (AvgIpc) is 2.59. The van der Waals surface area contributed by atoms with Gasteiger partial charge in [-0.1, -0.05) is 43.1 Å². The van der Waals surface area contributed by atoms with Crippen LogP contribution in [0, 0.1) is 5.92 Å². The van der Waals surface area contributed by atoms with Crippen LogP contribution in [0.5, 0.6) is 0 Å². The summed E-state index contributed by atoms with van der Waals surface area (Å²) < 4.78 is 0. The van der Waals surface area contributed by atoms with E-state index in [1.165, 1.54) is 19.2 Å². The Morgan fingerprint density at radius 3 is 2.35 bits per heavy atom. The van der Waals surface area contributed by atoms with Crippen molar-refractivity contribution in [1.82, 2.24) is 10.2 Å². The number of benzene rings is 1. The van der Waals surface area contributed by atoms with Gasteiger partial charge in [0, 0.05) is 25.9 Å². The summed E-state index contributed by atoms with van der Waals surface area (Å²) in [5, 5.41) is 32.1. The number of carbonyl (C=O) groups is 2. The highest BCUT2D eigenvalue weighted by Crippen LogP contribution is 2.36. The summed E-state index contributed by atoms with van der Waals surface area (Å²) in [5.74, 6) is -0.578. The standard InChI is InChI=1S/C17H24Cl2N2O5/c1-10(2)15(24)20-9-17(7-12(23)8-22,21(3)16(25)26)11-4-5-13(18)14(19)6-11/h4-6,10,12,22-23H,7-9H2,1-3H3,(H,20,24)(H,25,26). The van der Waals surface area contributed by atoms with Crippen LogP contribution in [0.3, 0.4) is 0 Å². The van der Waals surface area contributed by atoms with Gasteiger partial charge in [-0.3, -0.25) is 9.69 Å². The minimum absolute atomic E-state index is 0.109. The van der Waals surface area contributed by atoms with Crippen molar-refractivity contribution in [3.05, 3.63) is 33.8 Å². The number of rotatable bonds is 8. The van der Waals surface area contributed by atoms with Gasteiger partial charge in [-0.05, 0) is 17.7 Å². The van der Waals surface area contributed by atoms with E-state index < -0.39 is 24.3 Å². The predicted molar refractivity (Wildman–Crippen MR) is 99.5 cm³/mol. The molecule has 0 aliphatic carbocycles. The molecule has 2 unspecified atom stereocenters. The number of halogens is 2. The molecule has 1 aromatic rings. The van der Waals surface area contributed by atoms with Crippen LogP contribution < -0.4 is 5.32 Å². The molecule has 2 amide bonds. The second-order valence-electron chi connectivity index (χ2n) is 6.42. The maximum Gasteiger partial charge on any atom is 0.407 e. The first kappa shape index (κ1) is 22.5. The lowest BCUT2D eigenvalue weighted by molar-refractivity contribution is -0.124. The van der Waals surface area contributed by atoms with E-state index in [1.54, 1.807) is 19.9 Å². The van der Waals surface area contributed by atoms with Crippen molar-refractivity contribution in [3.63, 3.8) is 0 Å². The zero-order chi connectivity index (χ0) is 20.1. The molecule has 0 heterocycles. The fourth-order valence-electron chi connectivity index (χ4n) is 2.60. The normalized spacial score (nSPS) is 14.6. The molecule has 26 heavy (non-hydrogen) atoms. The van der Waals surface area contributed by atoms with Crippen molar-refractivity contribution >= 4 is 35.2 Å². The lowest BCUT2D eigenvalue weighted by Crippen LogP contribution is -2.55. The highest BCUT2D eigenvalue weighted by Gasteiger charge is 2.42. The molecule has 2 atom stereocenters. The minimum atomic E-state index is -1.35. The summed E-state index contributed by atoms with van der Waals surface area (Å²) in [6, 6.07) is 4.59. The topological polar surface area (TPSA) is 110 Å². The number of nitrogens with zero attached hydrogens (tertiary/aromatic N) is 1. The Balaban J connectivity index is 3.47. The largest absolute Gasteiger partial charge is 0.465 e. The Morgan fingerprint density at radius 2 is 1.88 bits per heavy atom. The van der Waals surface area contributed by atoms with Crippen LogP contribution in [-0.2, 0) is 10.3 Å². The van der Waals surface area contributed by atoms with Crippen molar-refractivity contribution in [1.29, 1.82) is 0 Å². The van der Waals surface area contributed by atoms with Crippen LogP contribution in [0.1, 0.15) is 25.8 Å². The zero-order valence-electron chi connectivity index (χ0n) is 14.9. The summed E-state index contributed by atoms with van der Waals surface area (Å²) in [4.78, 5) is 24.8. The van der Waals surface area contributed by atoms with Gasteiger partial charge in [0.05, 0.1) is 28.3 Å². The fourth-order valence-corrected chi connectivity index (χ4v) is 2.90. The molecule has 0 saturated carbocycles. The Kier molecular flexibility index (Phi) is 8.15. The molecule has 1 rings (SSSR count). The number of nitrogens with one attached hydrogen (secondary N) is 1. The van der Waals surface area contributed by atoms with Gasteiger partial charge in [-0.15, -0.1) is 0 Å². The second-order valence-corrected chi connectivity index (χ2v) is 7.23. The number of aliphatic hydroxyl groups is 2. The molecule has 4 N–H and O–H groups in total. The third-order valence-electron chi connectivity index (χ3n) is 4.25. The fraction of sp³-hybridized carbons (Fsp3) is 0.529. The van der Waals surface area contributed by atoms with Gasteiger partial charge in [0.15, 0.2) is 0 Å². The highest BCUT2D eigenvalue weighted by molar-refractivity contribution is 6.42. The van der Waals surface area contributed by atoms with Gasteiger partial charge in [0.1, 0.15) is 0 Å². The van der Waals surface area contributed by atoms with E-state index in [2.05, 4.69) is 5.32 Å². The highest BCUT2D eigenvalue weighted by atomic mass is 35.5. The molecule has 0 bridgehead atoms. The molecule has 0 aliphatic heterocycles. The van der Waals surface area contributed by atoms with Crippen LogP contribution in [-0.4, -0.2) is 58.5 Å². The summed E-state index contributed by atoms with van der Waals surface area (Å²) in [6.07, 6.45) is -2.62. The molecule has 0 saturated heterocycles. The smallest absolute Gasteiger partial charge is 0.407 e. The van der Waals surface area contributed by atoms with E-state index in [9.17, 15) is 24.9 Å². The Morgan fingerprint density at radius 1 is 1.27 bits per heavy atom. The Hall–Kier alpha value is -1.54. The first-order valence-corrected chi connectivity index (χ1v) is 8.79. The Bertz CT molecular complexity index is 656. The first-order valence-electron chi connectivity index (χ1n) is 8.04. The van der Waals surface area contributed by atoms with Crippen molar-refractivity contribution in [3.8, 4) is 0 Å². The summed E-state index contributed by atoms with van der Waals surface area (Å²) in [7, 11) is 1.33. The molecular weight excluding hydrogens is 383 g/mol. The van der Waals surface area contributed by atoms with E-state index in [-0.39, 0.29) is 34.8 Å². The van der Waals surface area contributed by atoms with E-state index in [1.807, 2.05) is 0 Å². The van der Waals surface area contributed by atoms with Gasteiger partial charge in [-0.25, -0.2) is 4.79 Å². The van der Waals surface area contributed by atoms with Crippen LogP contribution in [0.4, 0.5) is 4.79 Å². The summed E-state index contributed by atoms with van der Waals surface area (Å²) in [6.45, 7) is 2.75. The molecule has 1 aromatic carbocycles. The van der Waals surface area contributed by atoms with Crippen LogP contribution in [0.2, 0.25) is 10.0 Å². The van der Waals surface area contributed by atoms with Crippen molar-refractivity contribution in [2.45, 2.75) is 31.9 Å². The maximum atomic E-state index is 12.1. The van der Waals surface area contributed by atoms with Gasteiger partial charge < -0.3 is 20.6 Å². The first-order chi connectivity index (χ1) is 12.0. The number of amides is 2. The molecule has 0 spiro atoms.